The summed E-state index contributed by atoms with van der Waals surface area (Å²) in [6.07, 6.45) is 108. The normalized spacial score (nSPS) is 13.4. The van der Waals surface area contributed by atoms with Crippen LogP contribution in [0.4, 0.5) is 0 Å². The standard InChI is InChI=1S/C87H160NO8P/c1-6-8-10-12-14-16-18-20-22-24-26-28-30-32-34-36-38-40-42-43-44-46-47-49-51-53-55-57-59-61-63-65-67-69-71-73-75-77-79-86(89)93-83-85(84-95-97(91,92)94-82-81-88(3,4)5)96-87(90)80-78-76-74-72-70-68-66-64-62-60-58-56-54-52-50-48-45-41-39-37-35-33-31-29-27-25-23-21-19-17-15-13-11-9-7-2/h9,11,15,17,21,23,27,29,33,35,39,41,48,50,85H,6-8,10,12-14,16,18-20,22,24-26,28,30-32,34,36-38,40,42-47,49,51-84H2,1-5H3/p+1/b11-9-,17-15-,23-21-,29-27-,35-33-,41-39-,50-48-. The van der Waals surface area contributed by atoms with E-state index in [1.54, 1.807) is 0 Å². The maximum absolute atomic E-state index is 12.9. The molecule has 0 heterocycles. The van der Waals surface area contributed by atoms with Gasteiger partial charge in [0.2, 0.25) is 0 Å². The van der Waals surface area contributed by atoms with E-state index < -0.39 is 26.5 Å². The van der Waals surface area contributed by atoms with E-state index in [0.717, 1.165) is 83.5 Å². The second-order valence-electron chi connectivity index (χ2n) is 29.5. The zero-order valence-corrected chi connectivity index (χ0v) is 65.7. The number of phosphoric ester groups is 1. The summed E-state index contributed by atoms with van der Waals surface area (Å²) in [5, 5.41) is 0. The van der Waals surface area contributed by atoms with E-state index in [-0.39, 0.29) is 25.6 Å². The van der Waals surface area contributed by atoms with Crippen molar-refractivity contribution >= 4 is 19.8 Å². The average molecular weight is 1380 g/mol. The maximum Gasteiger partial charge on any atom is 0.472 e. The minimum Gasteiger partial charge on any atom is -0.462 e. The fraction of sp³-hybridized carbons (Fsp3) is 0.816. The summed E-state index contributed by atoms with van der Waals surface area (Å²) in [5.41, 5.74) is 0. The van der Waals surface area contributed by atoms with E-state index in [4.69, 9.17) is 18.5 Å². The van der Waals surface area contributed by atoms with Crippen molar-refractivity contribution in [3.63, 3.8) is 0 Å². The Morgan fingerprint density at radius 3 is 0.876 bits per heavy atom. The summed E-state index contributed by atoms with van der Waals surface area (Å²) in [6.45, 7) is 4.38. The number of carbonyl (C=O) groups excluding carboxylic acids is 2. The topological polar surface area (TPSA) is 108 Å². The van der Waals surface area contributed by atoms with Gasteiger partial charge in [-0.25, -0.2) is 4.57 Å². The SMILES string of the molecule is CC/C=C\C/C=C\C/C=C\C/C=C\C/C=C\C/C=C\C/C=C\CCCCCCCCCCCCCCCC(=O)OC(COC(=O)CCCCCCCCCCCCCCCCCCCCCCCCCCCCCCCCCCCCCCCC)COP(=O)(O)OCC[N+](C)(C)C. The fourth-order valence-corrected chi connectivity index (χ4v) is 13.1. The minimum absolute atomic E-state index is 0.0311. The molecular formula is C87H161NO8P+. The van der Waals surface area contributed by atoms with Gasteiger partial charge in [-0.05, 0) is 70.6 Å². The molecule has 97 heavy (non-hydrogen) atoms. The Bertz CT molecular complexity index is 1910. The largest absolute Gasteiger partial charge is 0.472 e. The van der Waals surface area contributed by atoms with Crippen molar-refractivity contribution in [1.29, 1.82) is 0 Å². The number of phosphoric acid groups is 1. The van der Waals surface area contributed by atoms with E-state index in [0.29, 0.717) is 23.9 Å². The number of rotatable bonds is 78. The molecule has 0 aromatic carbocycles. The number of esters is 2. The van der Waals surface area contributed by atoms with Gasteiger partial charge in [0, 0.05) is 12.8 Å². The van der Waals surface area contributed by atoms with Crippen molar-refractivity contribution in [3.8, 4) is 0 Å². The molecule has 0 aromatic heterocycles. The van der Waals surface area contributed by atoms with E-state index in [1.165, 1.54) is 289 Å². The van der Waals surface area contributed by atoms with Gasteiger partial charge < -0.3 is 18.9 Å². The van der Waals surface area contributed by atoms with Gasteiger partial charge in [0.15, 0.2) is 6.10 Å². The summed E-state index contributed by atoms with van der Waals surface area (Å²) >= 11 is 0. The molecule has 0 aliphatic rings. The van der Waals surface area contributed by atoms with E-state index in [2.05, 4.69) is 98.9 Å². The molecule has 10 heteroatoms. The zero-order valence-electron chi connectivity index (χ0n) is 64.8. The Kier molecular flexibility index (Phi) is 75.1. The van der Waals surface area contributed by atoms with Crippen LogP contribution in [0.25, 0.3) is 0 Å². The van der Waals surface area contributed by atoms with Crippen LogP contribution >= 0.6 is 7.82 Å². The molecule has 0 saturated heterocycles. The third-order valence-corrected chi connectivity index (χ3v) is 19.7. The predicted octanol–water partition coefficient (Wildman–Crippen LogP) is 28.0. The van der Waals surface area contributed by atoms with Crippen LogP contribution < -0.4 is 0 Å². The molecule has 0 fully saturated rings. The van der Waals surface area contributed by atoms with Gasteiger partial charge >= 0.3 is 19.8 Å². The van der Waals surface area contributed by atoms with Crippen LogP contribution in [0.1, 0.15) is 406 Å². The van der Waals surface area contributed by atoms with Crippen molar-refractivity contribution < 1.29 is 42.1 Å². The summed E-state index contributed by atoms with van der Waals surface area (Å²) < 4.78 is 34.9. The first-order valence-electron chi connectivity index (χ1n) is 41.8. The molecule has 0 spiro atoms. The van der Waals surface area contributed by atoms with Gasteiger partial charge in [-0.1, -0.05) is 407 Å². The Balaban J connectivity index is 3.92. The highest BCUT2D eigenvalue weighted by Gasteiger charge is 2.27. The lowest BCUT2D eigenvalue weighted by Crippen LogP contribution is -2.37. The third-order valence-electron chi connectivity index (χ3n) is 18.7. The highest BCUT2D eigenvalue weighted by Crippen LogP contribution is 2.43. The first-order chi connectivity index (χ1) is 47.5. The zero-order chi connectivity index (χ0) is 70.4. The molecule has 0 saturated carbocycles. The van der Waals surface area contributed by atoms with Gasteiger partial charge in [0.25, 0.3) is 0 Å². The monoisotopic (exact) mass is 1380 g/mol. The number of hydrogen-bond donors (Lipinski definition) is 1. The number of allylic oxidation sites excluding steroid dienone is 14. The third kappa shape index (κ3) is 82.0. The molecule has 0 radical (unpaired) electrons. The van der Waals surface area contributed by atoms with E-state index in [1.807, 2.05) is 21.1 Å². The smallest absolute Gasteiger partial charge is 0.462 e. The minimum atomic E-state index is -4.40. The van der Waals surface area contributed by atoms with Gasteiger partial charge in [0.1, 0.15) is 19.8 Å². The van der Waals surface area contributed by atoms with Crippen LogP contribution in [0, 0.1) is 0 Å². The summed E-state index contributed by atoms with van der Waals surface area (Å²) in [5.74, 6) is -0.782. The van der Waals surface area contributed by atoms with Crippen LogP contribution in [0.5, 0.6) is 0 Å². The molecule has 0 amide bonds. The van der Waals surface area contributed by atoms with Crippen LogP contribution in [0.15, 0.2) is 85.1 Å². The molecule has 9 nitrogen and oxygen atoms in total. The lowest BCUT2D eigenvalue weighted by atomic mass is 10.0. The highest BCUT2D eigenvalue weighted by atomic mass is 31.2. The molecule has 0 aliphatic heterocycles. The first kappa shape index (κ1) is 94.2. The second-order valence-corrected chi connectivity index (χ2v) is 30.9. The maximum atomic E-state index is 12.9. The summed E-state index contributed by atoms with van der Waals surface area (Å²) in [7, 11) is 1.49. The average Bonchev–Trinajstić information content (AvgIpc) is 1.69. The number of unbranched alkanes of at least 4 members (excludes halogenated alkanes) is 50. The van der Waals surface area contributed by atoms with Crippen molar-refractivity contribution in [2.45, 2.75) is 412 Å². The number of hydrogen-bond acceptors (Lipinski definition) is 7. The summed E-state index contributed by atoms with van der Waals surface area (Å²) in [4.78, 5) is 36.0. The quantitative estimate of drug-likeness (QED) is 0.0211. The molecule has 0 aliphatic carbocycles. The van der Waals surface area contributed by atoms with Crippen molar-refractivity contribution in [2.24, 2.45) is 0 Å². The van der Waals surface area contributed by atoms with Crippen LogP contribution in [-0.4, -0.2) is 74.9 Å². The number of likely N-dealkylation sites (N-methyl/N-ethyl adjacent to an activating group) is 1. The Labute approximate surface area is 602 Å². The van der Waals surface area contributed by atoms with Gasteiger partial charge in [-0.3, -0.25) is 18.6 Å². The molecule has 2 atom stereocenters. The van der Waals surface area contributed by atoms with Crippen molar-refractivity contribution in [3.05, 3.63) is 85.1 Å². The van der Waals surface area contributed by atoms with Crippen molar-refractivity contribution in [1.82, 2.24) is 0 Å². The molecular weight excluding hydrogens is 1220 g/mol. The summed E-state index contributed by atoms with van der Waals surface area (Å²) in [6, 6.07) is 0. The number of carbonyl (C=O) groups is 2. The number of quaternary nitrogens is 1. The Morgan fingerprint density at radius 2 is 0.588 bits per heavy atom. The fourth-order valence-electron chi connectivity index (χ4n) is 12.4. The lowest BCUT2D eigenvalue weighted by Gasteiger charge is -2.24. The lowest BCUT2D eigenvalue weighted by molar-refractivity contribution is -0.870. The highest BCUT2D eigenvalue weighted by molar-refractivity contribution is 7.47. The van der Waals surface area contributed by atoms with E-state index >= 15 is 0 Å². The van der Waals surface area contributed by atoms with Crippen LogP contribution in [0.3, 0.4) is 0 Å². The van der Waals surface area contributed by atoms with Gasteiger partial charge in [-0.15, -0.1) is 0 Å². The predicted molar refractivity (Wildman–Crippen MR) is 422 cm³/mol. The van der Waals surface area contributed by atoms with Crippen molar-refractivity contribution in [2.75, 3.05) is 47.5 Å². The van der Waals surface area contributed by atoms with E-state index in [9.17, 15) is 19.0 Å². The second kappa shape index (κ2) is 77.4. The molecule has 2 unspecified atom stereocenters. The van der Waals surface area contributed by atoms with Gasteiger partial charge in [-0.2, -0.15) is 0 Å². The molecule has 0 bridgehead atoms. The molecule has 566 valence electrons. The Hall–Kier alpha value is -2.81. The van der Waals surface area contributed by atoms with Crippen LogP contribution in [-0.2, 0) is 32.7 Å². The molecule has 0 aromatic rings. The number of ether oxygens (including phenoxy) is 2. The van der Waals surface area contributed by atoms with Gasteiger partial charge in [0.05, 0.1) is 27.7 Å². The molecule has 1 N–H and O–H groups in total. The Morgan fingerprint density at radius 1 is 0.330 bits per heavy atom. The first-order valence-corrected chi connectivity index (χ1v) is 43.3. The van der Waals surface area contributed by atoms with Crippen LogP contribution in [0.2, 0.25) is 0 Å². The number of nitrogens with zero attached hydrogens (tertiary/aromatic N) is 1. The molecule has 0 rings (SSSR count).